The predicted octanol–water partition coefficient (Wildman–Crippen LogP) is 0.628. The lowest BCUT2D eigenvalue weighted by Gasteiger charge is -2.27. The predicted molar refractivity (Wildman–Crippen MR) is 78.3 cm³/mol. The van der Waals surface area contributed by atoms with Gasteiger partial charge in [0.25, 0.3) is 0 Å². The molecule has 1 amide bonds. The number of amides is 1. The third-order valence-electron chi connectivity index (χ3n) is 3.35. The van der Waals surface area contributed by atoms with E-state index in [0.29, 0.717) is 45.0 Å². The molecular formula is C14H19N3O4. The molecule has 21 heavy (non-hydrogen) atoms. The van der Waals surface area contributed by atoms with Crippen LogP contribution < -0.4 is 11.1 Å². The highest BCUT2D eigenvalue weighted by molar-refractivity contribution is 5.97. The van der Waals surface area contributed by atoms with Gasteiger partial charge in [-0.15, -0.1) is 0 Å². The third kappa shape index (κ3) is 3.85. The Morgan fingerprint density at radius 1 is 1.33 bits per heavy atom. The molecule has 1 saturated heterocycles. The molecule has 0 radical (unpaired) electrons. The summed E-state index contributed by atoms with van der Waals surface area (Å²) in [7, 11) is 0. The van der Waals surface area contributed by atoms with E-state index in [1.807, 2.05) is 0 Å². The van der Waals surface area contributed by atoms with Crippen molar-refractivity contribution in [3.05, 3.63) is 23.8 Å². The summed E-state index contributed by atoms with van der Waals surface area (Å²) < 4.78 is 5.19. The van der Waals surface area contributed by atoms with Crippen molar-refractivity contribution >= 4 is 23.3 Å². The number of nitrogens with one attached hydrogen (secondary N) is 1. The maximum atomic E-state index is 12.0. The van der Waals surface area contributed by atoms with Crippen LogP contribution in [0.5, 0.6) is 0 Å². The van der Waals surface area contributed by atoms with Gasteiger partial charge in [0.2, 0.25) is 5.91 Å². The average Bonchev–Trinajstić information content (AvgIpc) is 2.49. The number of nitrogens with zero attached hydrogens (tertiary/aromatic N) is 1. The van der Waals surface area contributed by atoms with Crippen molar-refractivity contribution in [2.75, 3.05) is 43.9 Å². The molecule has 1 aliphatic rings. The van der Waals surface area contributed by atoms with E-state index in [4.69, 9.17) is 15.6 Å². The first-order chi connectivity index (χ1) is 10.1. The van der Waals surface area contributed by atoms with Crippen LogP contribution in [0.2, 0.25) is 0 Å². The van der Waals surface area contributed by atoms with E-state index in [2.05, 4.69) is 5.32 Å². The molecule has 2 rings (SSSR count). The maximum Gasteiger partial charge on any atom is 0.337 e. The summed E-state index contributed by atoms with van der Waals surface area (Å²) in [4.78, 5) is 24.7. The smallest absolute Gasteiger partial charge is 0.337 e. The van der Waals surface area contributed by atoms with Crippen LogP contribution in [0.4, 0.5) is 11.4 Å². The maximum absolute atomic E-state index is 12.0. The minimum absolute atomic E-state index is 0.0544. The Morgan fingerprint density at radius 3 is 2.71 bits per heavy atom. The van der Waals surface area contributed by atoms with Gasteiger partial charge >= 0.3 is 5.97 Å². The van der Waals surface area contributed by atoms with E-state index in [1.165, 1.54) is 6.07 Å². The molecule has 0 atom stereocenters. The summed E-state index contributed by atoms with van der Waals surface area (Å²) in [5.74, 6) is -1.01. The van der Waals surface area contributed by atoms with Gasteiger partial charge in [0, 0.05) is 26.1 Å². The highest BCUT2D eigenvalue weighted by atomic mass is 16.5. The first-order valence-electron chi connectivity index (χ1n) is 6.81. The van der Waals surface area contributed by atoms with Gasteiger partial charge in [0.05, 0.1) is 30.2 Å². The second-order valence-corrected chi connectivity index (χ2v) is 4.74. The van der Waals surface area contributed by atoms with E-state index in [0.717, 1.165) is 0 Å². The van der Waals surface area contributed by atoms with Crippen molar-refractivity contribution in [2.24, 2.45) is 0 Å². The molecular weight excluding hydrogens is 274 g/mol. The summed E-state index contributed by atoms with van der Waals surface area (Å²) >= 11 is 0. The molecule has 0 bridgehead atoms. The van der Waals surface area contributed by atoms with Crippen LogP contribution in [0, 0.1) is 0 Å². The number of morpholine rings is 1. The van der Waals surface area contributed by atoms with Gasteiger partial charge in [-0.05, 0) is 12.1 Å². The van der Waals surface area contributed by atoms with Gasteiger partial charge in [0.15, 0.2) is 0 Å². The Kier molecular flexibility index (Phi) is 4.99. The number of rotatable bonds is 5. The molecule has 0 unspecified atom stereocenters. The van der Waals surface area contributed by atoms with Crippen molar-refractivity contribution in [1.82, 2.24) is 4.90 Å². The van der Waals surface area contributed by atoms with Crippen molar-refractivity contribution in [3.63, 3.8) is 0 Å². The van der Waals surface area contributed by atoms with E-state index in [1.54, 1.807) is 17.0 Å². The minimum Gasteiger partial charge on any atom is -0.478 e. The fraction of sp³-hybridized carbons (Fsp3) is 0.429. The first-order valence-corrected chi connectivity index (χ1v) is 6.81. The molecule has 0 spiro atoms. The second-order valence-electron chi connectivity index (χ2n) is 4.74. The molecule has 1 fully saturated rings. The Labute approximate surface area is 122 Å². The van der Waals surface area contributed by atoms with Crippen LogP contribution in [0.15, 0.2) is 18.2 Å². The van der Waals surface area contributed by atoms with Gasteiger partial charge < -0.3 is 25.8 Å². The number of nitrogen functional groups attached to an aromatic ring is 1. The van der Waals surface area contributed by atoms with E-state index in [-0.39, 0.29) is 17.2 Å². The number of nitrogens with two attached hydrogens (primary N) is 1. The number of hydrogen-bond donors (Lipinski definition) is 3. The van der Waals surface area contributed by atoms with Gasteiger partial charge in [-0.25, -0.2) is 4.79 Å². The number of carboxylic acid groups (broad SMARTS) is 1. The molecule has 1 aliphatic heterocycles. The van der Waals surface area contributed by atoms with Crippen molar-refractivity contribution in [3.8, 4) is 0 Å². The average molecular weight is 293 g/mol. The van der Waals surface area contributed by atoms with Crippen LogP contribution in [-0.4, -0.2) is 54.7 Å². The summed E-state index contributed by atoms with van der Waals surface area (Å²) in [6, 6.07) is 4.76. The highest BCUT2D eigenvalue weighted by Gasteiger charge is 2.16. The molecule has 7 heteroatoms. The first kappa shape index (κ1) is 15.1. The number of ether oxygens (including phenoxy) is 1. The Bertz CT molecular complexity index is 527. The van der Waals surface area contributed by atoms with Crippen molar-refractivity contribution < 1.29 is 19.4 Å². The Hall–Kier alpha value is -2.28. The lowest BCUT2D eigenvalue weighted by molar-refractivity contribution is -0.134. The molecule has 114 valence electrons. The van der Waals surface area contributed by atoms with Crippen LogP contribution >= 0.6 is 0 Å². The Balaban J connectivity index is 1.87. The largest absolute Gasteiger partial charge is 0.478 e. The second kappa shape index (κ2) is 6.94. The van der Waals surface area contributed by atoms with Crippen LogP contribution in [0.1, 0.15) is 16.8 Å². The van der Waals surface area contributed by atoms with Gasteiger partial charge in [-0.1, -0.05) is 6.07 Å². The fourth-order valence-electron chi connectivity index (χ4n) is 2.18. The molecule has 1 heterocycles. The zero-order chi connectivity index (χ0) is 15.2. The molecule has 0 saturated carbocycles. The standard InChI is InChI=1S/C14H19N3O4/c15-13-10(14(19)20)2-1-3-11(13)16-5-4-12(18)17-6-8-21-9-7-17/h1-3,16H,4-9,15H2,(H,19,20). The van der Waals surface area contributed by atoms with Crippen molar-refractivity contribution in [1.29, 1.82) is 0 Å². The summed E-state index contributed by atoms with van der Waals surface area (Å²) in [5.41, 5.74) is 6.56. The van der Waals surface area contributed by atoms with Crippen LogP contribution in [0.3, 0.4) is 0 Å². The van der Waals surface area contributed by atoms with Crippen LogP contribution in [-0.2, 0) is 9.53 Å². The normalized spacial score (nSPS) is 14.8. The topological polar surface area (TPSA) is 105 Å². The lowest BCUT2D eigenvalue weighted by Crippen LogP contribution is -2.41. The number of hydrogen-bond acceptors (Lipinski definition) is 5. The molecule has 1 aromatic carbocycles. The molecule has 4 N–H and O–H groups in total. The molecule has 0 aliphatic carbocycles. The highest BCUT2D eigenvalue weighted by Crippen LogP contribution is 2.22. The lowest BCUT2D eigenvalue weighted by atomic mass is 10.1. The van der Waals surface area contributed by atoms with E-state index >= 15 is 0 Å². The summed E-state index contributed by atoms with van der Waals surface area (Å²) in [6.45, 7) is 2.80. The van der Waals surface area contributed by atoms with Crippen LogP contribution in [0.25, 0.3) is 0 Å². The number of carboxylic acids is 1. The van der Waals surface area contributed by atoms with Gasteiger partial charge in [-0.2, -0.15) is 0 Å². The number of carbonyl (C=O) groups excluding carboxylic acids is 1. The number of benzene rings is 1. The zero-order valence-corrected chi connectivity index (χ0v) is 11.7. The number of aromatic carboxylic acids is 1. The number of para-hydroxylation sites is 1. The fourth-order valence-corrected chi connectivity index (χ4v) is 2.18. The summed E-state index contributed by atoms with van der Waals surface area (Å²) in [5, 5.41) is 12.0. The third-order valence-corrected chi connectivity index (χ3v) is 3.35. The molecule has 1 aromatic rings. The molecule has 7 nitrogen and oxygen atoms in total. The van der Waals surface area contributed by atoms with E-state index in [9.17, 15) is 9.59 Å². The number of carbonyl (C=O) groups is 2. The Morgan fingerprint density at radius 2 is 2.05 bits per heavy atom. The van der Waals surface area contributed by atoms with Gasteiger partial charge in [0.1, 0.15) is 0 Å². The summed E-state index contributed by atoms with van der Waals surface area (Å²) in [6.07, 6.45) is 0.330. The van der Waals surface area contributed by atoms with Gasteiger partial charge in [-0.3, -0.25) is 4.79 Å². The zero-order valence-electron chi connectivity index (χ0n) is 11.7. The monoisotopic (exact) mass is 293 g/mol. The number of anilines is 2. The minimum atomic E-state index is -1.07. The van der Waals surface area contributed by atoms with Crippen molar-refractivity contribution in [2.45, 2.75) is 6.42 Å². The molecule has 0 aromatic heterocycles. The SMILES string of the molecule is Nc1c(NCCC(=O)N2CCOCC2)cccc1C(=O)O. The quantitative estimate of drug-likeness (QED) is 0.688. The van der Waals surface area contributed by atoms with E-state index < -0.39 is 5.97 Å².